The monoisotopic (exact) mass is 451 g/mol. The first-order valence-electron chi connectivity index (χ1n) is 9.33. The Balaban J connectivity index is 1.78. The van der Waals surface area contributed by atoms with Crippen LogP contribution < -0.4 is 0 Å². The molecule has 4 nitrogen and oxygen atoms in total. The summed E-state index contributed by atoms with van der Waals surface area (Å²) in [6.07, 6.45) is 0.767. The summed E-state index contributed by atoms with van der Waals surface area (Å²) in [5.74, 6) is -0.395. The number of carbonyl (C=O) groups is 2. The maximum absolute atomic E-state index is 13.1. The van der Waals surface area contributed by atoms with E-state index < -0.39 is 0 Å². The van der Waals surface area contributed by atoms with Crippen molar-refractivity contribution in [3.8, 4) is 0 Å². The topological polar surface area (TPSA) is 46.6 Å². The van der Waals surface area contributed by atoms with E-state index in [2.05, 4.69) is 28.1 Å². The summed E-state index contributed by atoms with van der Waals surface area (Å²) >= 11 is 3.41. The quantitative estimate of drug-likeness (QED) is 0.468. The van der Waals surface area contributed by atoms with Crippen molar-refractivity contribution in [3.05, 3.63) is 106 Å². The van der Waals surface area contributed by atoms with Crippen LogP contribution in [0.4, 0.5) is 0 Å². The van der Waals surface area contributed by atoms with Crippen molar-refractivity contribution in [3.63, 3.8) is 0 Å². The lowest BCUT2D eigenvalue weighted by molar-refractivity contribution is 0.0600. The van der Waals surface area contributed by atoms with Crippen molar-refractivity contribution in [2.75, 3.05) is 13.7 Å². The minimum Gasteiger partial charge on any atom is -0.465 e. The summed E-state index contributed by atoms with van der Waals surface area (Å²) < 4.78 is 5.68. The molecule has 0 fully saturated rings. The average molecular weight is 452 g/mol. The molecular weight excluding hydrogens is 430 g/mol. The van der Waals surface area contributed by atoms with Crippen molar-refractivity contribution in [2.24, 2.45) is 0 Å². The Bertz CT molecular complexity index is 954. The molecule has 0 aromatic heterocycles. The van der Waals surface area contributed by atoms with E-state index in [9.17, 15) is 9.59 Å². The first-order valence-corrected chi connectivity index (χ1v) is 10.1. The molecule has 0 heterocycles. The van der Waals surface area contributed by atoms with Crippen molar-refractivity contribution in [1.82, 2.24) is 4.90 Å². The second kappa shape index (κ2) is 10.0. The van der Waals surface area contributed by atoms with E-state index in [1.54, 1.807) is 12.1 Å². The van der Waals surface area contributed by atoms with Gasteiger partial charge < -0.3 is 9.64 Å². The Kier molecular flexibility index (Phi) is 7.19. The summed E-state index contributed by atoms with van der Waals surface area (Å²) in [5, 5.41) is 0. The molecule has 5 heteroatoms. The third-order valence-electron chi connectivity index (χ3n) is 4.64. The average Bonchev–Trinajstić information content (AvgIpc) is 2.77. The second-order valence-corrected chi connectivity index (χ2v) is 7.57. The van der Waals surface area contributed by atoms with Crippen molar-refractivity contribution >= 4 is 27.8 Å². The number of carbonyl (C=O) groups excluding carboxylic acids is 2. The van der Waals surface area contributed by atoms with Gasteiger partial charge in [-0.05, 0) is 53.9 Å². The van der Waals surface area contributed by atoms with E-state index in [0.717, 1.165) is 16.5 Å². The molecule has 0 saturated carbocycles. The fraction of sp³-hybridized carbons (Fsp3) is 0.167. The highest BCUT2D eigenvalue weighted by atomic mass is 79.9. The van der Waals surface area contributed by atoms with Gasteiger partial charge in [-0.2, -0.15) is 0 Å². The van der Waals surface area contributed by atoms with E-state index >= 15 is 0 Å². The predicted octanol–water partition coefficient (Wildman–Crippen LogP) is 5.12. The highest BCUT2D eigenvalue weighted by molar-refractivity contribution is 9.10. The standard InChI is InChI=1S/C24H22BrNO3/c1-29-24(28)21-9-7-19(8-10-21)17-26(16-15-18-5-3-2-4-6-18)23(27)20-11-13-22(25)14-12-20/h2-14H,15-17H2,1H3. The molecule has 0 spiro atoms. The maximum atomic E-state index is 13.1. The Hall–Kier alpha value is -2.92. The third-order valence-corrected chi connectivity index (χ3v) is 5.17. The molecule has 0 radical (unpaired) electrons. The van der Waals surface area contributed by atoms with Crippen LogP contribution in [-0.2, 0) is 17.7 Å². The van der Waals surface area contributed by atoms with E-state index in [-0.39, 0.29) is 11.9 Å². The largest absolute Gasteiger partial charge is 0.465 e. The molecule has 0 aliphatic rings. The fourth-order valence-electron chi connectivity index (χ4n) is 3.02. The molecule has 0 unspecified atom stereocenters. The molecule has 3 aromatic rings. The van der Waals surface area contributed by atoms with E-state index in [1.165, 1.54) is 12.7 Å². The van der Waals surface area contributed by atoms with Gasteiger partial charge in [0, 0.05) is 23.1 Å². The van der Waals surface area contributed by atoms with E-state index in [1.807, 2.05) is 59.5 Å². The van der Waals surface area contributed by atoms with Crippen LogP contribution in [0.25, 0.3) is 0 Å². The van der Waals surface area contributed by atoms with Gasteiger partial charge in [0.05, 0.1) is 12.7 Å². The zero-order chi connectivity index (χ0) is 20.6. The van der Waals surface area contributed by atoms with Crippen LogP contribution in [0.1, 0.15) is 31.8 Å². The molecule has 29 heavy (non-hydrogen) atoms. The molecule has 0 N–H and O–H groups in total. The van der Waals surface area contributed by atoms with Gasteiger partial charge in [0.25, 0.3) is 5.91 Å². The number of esters is 1. The zero-order valence-electron chi connectivity index (χ0n) is 16.2. The van der Waals surface area contributed by atoms with E-state index in [0.29, 0.717) is 24.2 Å². The predicted molar refractivity (Wildman–Crippen MR) is 117 cm³/mol. The summed E-state index contributed by atoms with van der Waals surface area (Å²) in [5.41, 5.74) is 3.28. The van der Waals surface area contributed by atoms with Crippen LogP contribution in [-0.4, -0.2) is 30.4 Å². The van der Waals surface area contributed by atoms with E-state index in [4.69, 9.17) is 4.74 Å². The number of halogens is 1. The summed E-state index contributed by atoms with van der Waals surface area (Å²) in [4.78, 5) is 26.6. The number of ether oxygens (including phenoxy) is 1. The van der Waals surface area contributed by atoms with Gasteiger partial charge in [-0.1, -0.05) is 58.4 Å². The highest BCUT2D eigenvalue weighted by Gasteiger charge is 2.17. The molecule has 148 valence electrons. The number of amides is 1. The normalized spacial score (nSPS) is 10.4. The molecular formula is C24H22BrNO3. The van der Waals surface area contributed by atoms with Crippen LogP contribution in [0.3, 0.4) is 0 Å². The smallest absolute Gasteiger partial charge is 0.337 e. The molecule has 3 rings (SSSR count). The first-order chi connectivity index (χ1) is 14.1. The zero-order valence-corrected chi connectivity index (χ0v) is 17.8. The number of nitrogens with zero attached hydrogens (tertiary/aromatic N) is 1. The maximum Gasteiger partial charge on any atom is 0.337 e. The van der Waals surface area contributed by atoms with Gasteiger partial charge in [-0.3, -0.25) is 4.79 Å². The van der Waals surface area contributed by atoms with Crippen molar-refractivity contribution in [2.45, 2.75) is 13.0 Å². The summed E-state index contributed by atoms with van der Waals surface area (Å²) in [6, 6.07) is 24.7. The number of hydrogen-bond acceptors (Lipinski definition) is 3. The SMILES string of the molecule is COC(=O)c1ccc(CN(CCc2ccccc2)C(=O)c2ccc(Br)cc2)cc1. The Labute approximate surface area is 179 Å². The molecule has 0 saturated heterocycles. The summed E-state index contributed by atoms with van der Waals surface area (Å²) in [7, 11) is 1.36. The van der Waals surface area contributed by atoms with Crippen LogP contribution in [0.15, 0.2) is 83.3 Å². The Morgan fingerprint density at radius 3 is 2.07 bits per heavy atom. The number of rotatable bonds is 7. The van der Waals surface area contributed by atoms with Gasteiger partial charge in [0.2, 0.25) is 0 Å². The van der Waals surface area contributed by atoms with Gasteiger partial charge in [0.1, 0.15) is 0 Å². The van der Waals surface area contributed by atoms with Crippen LogP contribution in [0.5, 0.6) is 0 Å². The molecule has 1 amide bonds. The molecule has 0 bridgehead atoms. The third kappa shape index (κ3) is 5.78. The lowest BCUT2D eigenvalue weighted by Crippen LogP contribution is -2.32. The van der Waals surface area contributed by atoms with Gasteiger partial charge in [-0.25, -0.2) is 4.79 Å². The van der Waals surface area contributed by atoms with Crippen molar-refractivity contribution in [1.29, 1.82) is 0 Å². The van der Waals surface area contributed by atoms with Crippen LogP contribution in [0, 0.1) is 0 Å². The summed E-state index contributed by atoms with van der Waals surface area (Å²) in [6.45, 7) is 1.06. The van der Waals surface area contributed by atoms with Crippen LogP contribution in [0.2, 0.25) is 0 Å². The molecule has 0 aliphatic carbocycles. The molecule has 3 aromatic carbocycles. The number of hydrogen-bond donors (Lipinski definition) is 0. The Morgan fingerprint density at radius 1 is 0.828 bits per heavy atom. The van der Waals surface area contributed by atoms with Crippen LogP contribution >= 0.6 is 15.9 Å². The second-order valence-electron chi connectivity index (χ2n) is 6.66. The lowest BCUT2D eigenvalue weighted by atomic mass is 10.1. The minimum absolute atomic E-state index is 0.0227. The molecule has 0 atom stereocenters. The van der Waals surface area contributed by atoms with Gasteiger partial charge in [-0.15, -0.1) is 0 Å². The first kappa shape index (κ1) is 20.8. The van der Waals surface area contributed by atoms with Gasteiger partial charge in [0.15, 0.2) is 0 Å². The molecule has 0 aliphatic heterocycles. The number of benzene rings is 3. The number of methoxy groups -OCH3 is 1. The van der Waals surface area contributed by atoms with Crippen molar-refractivity contribution < 1.29 is 14.3 Å². The Morgan fingerprint density at radius 2 is 1.45 bits per heavy atom. The minimum atomic E-state index is -0.372. The highest BCUT2D eigenvalue weighted by Crippen LogP contribution is 2.16. The lowest BCUT2D eigenvalue weighted by Gasteiger charge is -2.23. The fourth-order valence-corrected chi connectivity index (χ4v) is 3.28. The van der Waals surface area contributed by atoms with Gasteiger partial charge >= 0.3 is 5.97 Å².